The Morgan fingerprint density at radius 1 is 1.21 bits per heavy atom. The van der Waals surface area contributed by atoms with E-state index in [4.69, 9.17) is 10.2 Å². The topological polar surface area (TPSA) is 98.7 Å². The third kappa shape index (κ3) is 8.63. The van der Waals surface area contributed by atoms with Crippen LogP contribution in [0.4, 0.5) is 9.59 Å². The Balaban J connectivity index is 3.27. The maximum absolute atomic E-state index is 10.2. The summed E-state index contributed by atoms with van der Waals surface area (Å²) in [7, 11) is 0. The molecule has 0 rings (SSSR count). The lowest BCUT2D eigenvalue weighted by Crippen LogP contribution is -2.31. The van der Waals surface area contributed by atoms with E-state index < -0.39 is 12.2 Å². The molecule has 6 heteroatoms. The van der Waals surface area contributed by atoms with Crippen molar-refractivity contribution < 1.29 is 19.8 Å². The van der Waals surface area contributed by atoms with Gasteiger partial charge in [0.2, 0.25) is 0 Å². The molecule has 0 aliphatic heterocycles. The highest BCUT2D eigenvalue weighted by Gasteiger charge is 2.04. The molecule has 0 aromatic rings. The summed E-state index contributed by atoms with van der Waals surface area (Å²) < 4.78 is 0. The zero-order chi connectivity index (χ0) is 11.0. The van der Waals surface area contributed by atoms with Crippen LogP contribution in [0.3, 0.4) is 0 Å². The van der Waals surface area contributed by atoms with Crippen LogP contribution in [0.1, 0.15) is 26.2 Å². The summed E-state index contributed by atoms with van der Waals surface area (Å²) in [6.45, 7) is 2.19. The highest BCUT2D eigenvalue weighted by molar-refractivity contribution is 5.64. The zero-order valence-electron chi connectivity index (χ0n) is 8.12. The molecule has 0 heterocycles. The van der Waals surface area contributed by atoms with Gasteiger partial charge in [0, 0.05) is 12.6 Å². The van der Waals surface area contributed by atoms with Crippen LogP contribution in [0, 0.1) is 0 Å². The van der Waals surface area contributed by atoms with Gasteiger partial charge in [-0.2, -0.15) is 0 Å². The number of hydrogen-bond acceptors (Lipinski definition) is 2. The highest BCUT2D eigenvalue weighted by Crippen LogP contribution is 1.99. The van der Waals surface area contributed by atoms with Gasteiger partial charge < -0.3 is 20.8 Å². The zero-order valence-corrected chi connectivity index (χ0v) is 8.12. The van der Waals surface area contributed by atoms with Crippen LogP contribution in [0.5, 0.6) is 0 Å². The first-order valence-corrected chi connectivity index (χ1v) is 4.48. The summed E-state index contributed by atoms with van der Waals surface area (Å²) in [5, 5.41) is 21.2. The lowest BCUT2D eigenvalue weighted by molar-refractivity contribution is 0.190. The van der Waals surface area contributed by atoms with E-state index in [2.05, 4.69) is 10.6 Å². The van der Waals surface area contributed by atoms with Gasteiger partial charge in [0.15, 0.2) is 0 Å². The van der Waals surface area contributed by atoms with Crippen molar-refractivity contribution in [2.24, 2.45) is 0 Å². The van der Waals surface area contributed by atoms with Crippen molar-refractivity contribution in [3.8, 4) is 0 Å². The number of carbonyl (C=O) groups is 2. The quantitative estimate of drug-likeness (QED) is 0.486. The van der Waals surface area contributed by atoms with Gasteiger partial charge in [-0.25, -0.2) is 9.59 Å². The molecule has 14 heavy (non-hydrogen) atoms. The van der Waals surface area contributed by atoms with Crippen molar-refractivity contribution in [3.63, 3.8) is 0 Å². The number of unbranched alkanes of at least 4 members (excludes halogenated alkanes) is 1. The van der Waals surface area contributed by atoms with Crippen LogP contribution < -0.4 is 10.6 Å². The van der Waals surface area contributed by atoms with Crippen LogP contribution in [-0.2, 0) is 0 Å². The molecule has 0 spiro atoms. The van der Waals surface area contributed by atoms with Gasteiger partial charge in [0.25, 0.3) is 0 Å². The number of rotatable bonds is 6. The maximum atomic E-state index is 10.2. The Labute approximate surface area is 82.3 Å². The first kappa shape index (κ1) is 12.5. The van der Waals surface area contributed by atoms with Gasteiger partial charge in [-0.3, -0.25) is 0 Å². The normalized spacial score (nSPS) is 11.8. The summed E-state index contributed by atoms with van der Waals surface area (Å²) in [5.41, 5.74) is 0. The summed E-state index contributed by atoms with van der Waals surface area (Å²) in [6.07, 6.45) is 0.177. The molecule has 2 amide bonds. The smallest absolute Gasteiger partial charge is 0.404 e. The molecule has 0 aromatic carbocycles. The second-order valence-electron chi connectivity index (χ2n) is 3.08. The van der Waals surface area contributed by atoms with E-state index in [-0.39, 0.29) is 6.04 Å². The summed E-state index contributed by atoms with van der Waals surface area (Å²) >= 11 is 0. The third-order valence-corrected chi connectivity index (χ3v) is 1.71. The molecule has 1 atom stereocenters. The molecule has 1 unspecified atom stereocenters. The van der Waals surface area contributed by atoms with Crippen LogP contribution in [0.2, 0.25) is 0 Å². The third-order valence-electron chi connectivity index (χ3n) is 1.71. The largest absolute Gasteiger partial charge is 0.465 e. The summed E-state index contributed by atoms with van der Waals surface area (Å²) in [4.78, 5) is 20.2. The summed E-state index contributed by atoms with van der Waals surface area (Å²) in [5.74, 6) is 0. The number of nitrogens with one attached hydrogen (secondary N) is 2. The number of hydrogen-bond donors (Lipinski definition) is 4. The van der Waals surface area contributed by atoms with Crippen LogP contribution >= 0.6 is 0 Å². The minimum atomic E-state index is -1.03. The van der Waals surface area contributed by atoms with Gasteiger partial charge in [-0.1, -0.05) is 0 Å². The van der Waals surface area contributed by atoms with E-state index in [1.165, 1.54) is 0 Å². The standard InChI is InChI=1S/C8H16N2O4/c1-6(10-8(13)14)4-2-3-5-9-7(11)12/h6,9-10H,2-5H2,1H3,(H,11,12)(H,13,14). The molecule has 0 fully saturated rings. The molecule has 0 saturated heterocycles. The molecule has 0 bridgehead atoms. The second kappa shape index (κ2) is 6.99. The summed E-state index contributed by atoms with van der Waals surface area (Å²) in [6, 6.07) is -0.0858. The van der Waals surface area contributed by atoms with Crippen molar-refractivity contribution >= 4 is 12.2 Å². The van der Waals surface area contributed by atoms with Crippen molar-refractivity contribution in [2.45, 2.75) is 32.2 Å². The fourth-order valence-corrected chi connectivity index (χ4v) is 1.05. The Kier molecular flexibility index (Phi) is 6.26. The number of carboxylic acid groups (broad SMARTS) is 2. The Morgan fingerprint density at radius 2 is 1.86 bits per heavy atom. The van der Waals surface area contributed by atoms with Gasteiger partial charge >= 0.3 is 12.2 Å². The molecular formula is C8H16N2O4. The van der Waals surface area contributed by atoms with Crippen molar-refractivity contribution in [3.05, 3.63) is 0 Å². The molecule has 0 aliphatic rings. The first-order chi connectivity index (χ1) is 6.52. The average Bonchev–Trinajstić information content (AvgIpc) is 2.01. The molecule has 0 aliphatic carbocycles. The van der Waals surface area contributed by atoms with Crippen LogP contribution in [0.25, 0.3) is 0 Å². The van der Waals surface area contributed by atoms with E-state index in [0.29, 0.717) is 13.0 Å². The van der Waals surface area contributed by atoms with Crippen molar-refractivity contribution in [1.82, 2.24) is 10.6 Å². The molecular weight excluding hydrogens is 188 g/mol. The average molecular weight is 204 g/mol. The SMILES string of the molecule is CC(CCCCNC(=O)O)NC(=O)O. The predicted molar refractivity (Wildman–Crippen MR) is 50.5 cm³/mol. The van der Waals surface area contributed by atoms with E-state index in [1.54, 1.807) is 6.92 Å². The van der Waals surface area contributed by atoms with Gasteiger partial charge in [-0.15, -0.1) is 0 Å². The molecule has 0 saturated carbocycles. The highest BCUT2D eigenvalue weighted by atomic mass is 16.4. The van der Waals surface area contributed by atoms with E-state index in [0.717, 1.165) is 12.8 Å². The fourth-order valence-electron chi connectivity index (χ4n) is 1.05. The fraction of sp³-hybridized carbons (Fsp3) is 0.750. The van der Waals surface area contributed by atoms with Crippen LogP contribution in [-0.4, -0.2) is 35.0 Å². The lowest BCUT2D eigenvalue weighted by Gasteiger charge is -2.10. The van der Waals surface area contributed by atoms with Crippen LogP contribution in [0.15, 0.2) is 0 Å². The van der Waals surface area contributed by atoms with Crippen molar-refractivity contribution in [2.75, 3.05) is 6.54 Å². The number of amides is 2. The Morgan fingerprint density at radius 3 is 2.36 bits per heavy atom. The van der Waals surface area contributed by atoms with Crippen molar-refractivity contribution in [1.29, 1.82) is 0 Å². The predicted octanol–water partition coefficient (Wildman–Crippen LogP) is 1.08. The Hall–Kier alpha value is -1.46. The Bertz CT molecular complexity index is 196. The first-order valence-electron chi connectivity index (χ1n) is 4.48. The second-order valence-corrected chi connectivity index (χ2v) is 3.08. The molecule has 4 N–H and O–H groups in total. The minimum absolute atomic E-state index is 0.0858. The van der Waals surface area contributed by atoms with E-state index in [9.17, 15) is 9.59 Å². The molecule has 0 radical (unpaired) electrons. The van der Waals surface area contributed by atoms with Gasteiger partial charge in [0.05, 0.1) is 0 Å². The van der Waals surface area contributed by atoms with Gasteiger partial charge in [0.1, 0.15) is 0 Å². The van der Waals surface area contributed by atoms with E-state index >= 15 is 0 Å². The lowest BCUT2D eigenvalue weighted by atomic mass is 10.1. The minimum Gasteiger partial charge on any atom is -0.465 e. The van der Waals surface area contributed by atoms with E-state index in [1.807, 2.05) is 0 Å². The maximum Gasteiger partial charge on any atom is 0.404 e. The molecule has 6 nitrogen and oxygen atoms in total. The monoisotopic (exact) mass is 204 g/mol. The molecule has 0 aromatic heterocycles. The van der Waals surface area contributed by atoms with Gasteiger partial charge in [-0.05, 0) is 26.2 Å². The molecule has 82 valence electrons.